The minimum Gasteiger partial charge on any atom is -0.316 e. The fourth-order valence-electron chi connectivity index (χ4n) is 1.23. The van der Waals surface area contributed by atoms with E-state index >= 15 is 0 Å². The van der Waals surface area contributed by atoms with Crippen molar-refractivity contribution in [3.8, 4) is 0 Å². The van der Waals surface area contributed by atoms with Gasteiger partial charge in [0.1, 0.15) is 11.5 Å². The van der Waals surface area contributed by atoms with E-state index in [1.165, 1.54) is 0 Å². The van der Waals surface area contributed by atoms with Crippen molar-refractivity contribution in [3.05, 3.63) is 29.6 Å². The van der Waals surface area contributed by atoms with Gasteiger partial charge in [-0.05, 0) is 6.54 Å². The summed E-state index contributed by atoms with van der Waals surface area (Å²) in [5, 5.41) is 2.76. The van der Waals surface area contributed by atoms with E-state index in [2.05, 4.69) is 5.32 Å². The molecule has 0 bridgehead atoms. The van der Waals surface area contributed by atoms with E-state index in [-0.39, 0.29) is 12.3 Å². The lowest BCUT2D eigenvalue weighted by atomic mass is 10.3. The summed E-state index contributed by atoms with van der Waals surface area (Å²) in [5.41, 5.74) is -0.868. The molecule has 0 radical (unpaired) electrons. The van der Waals surface area contributed by atoms with E-state index in [0.29, 0.717) is 18.7 Å². The Hall–Kier alpha value is -1.28. The molecule has 0 aliphatic rings. The normalized spacial score (nSPS) is 11.6. The highest BCUT2D eigenvalue weighted by atomic mass is 32.2. The standard InChI is InChI=1S/C10H13F3N2O2S/c1-2-14-3-4-18(16,17)15-10-8(12)5-7(11)6-9(10)13/h5-6,14-15H,2-4H2,1H3. The number of benzene rings is 1. The topological polar surface area (TPSA) is 58.2 Å². The molecule has 0 heterocycles. The van der Waals surface area contributed by atoms with E-state index < -0.39 is 33.2 Å². The zero-order chi connectivity index (χ0) is 13.8. The smallest absolute Gasteiger partial charge is 0.234 e. The summed E-state index contributed by atoms with van der Waals surface area (Å²) in [6, 6.07) is 0.816. The number of hydrogen-bond donors (Lipinski definition) is 2. The van der Waals surface area contributed by atoms with Crippen LogP contribution in [-0.2, 0) is 10.0 Å². The molecule has 0 atom stereocenters. The van der Waals surface area contributed by atoms with Crippen LogP contribution >= 0.6 is 0 Å². The monoisotopic (exact) mass is 282 g/mol. The molecule has 18 heavy (non-hydrogen) atoms. The van der Waals surface area contributed by atoms with Crippen molar-refractivity contribution < 1.29 is 21.6 Å². The van der Waals surface area contributed by atoms with E-state index in [9.17, 15) is 21.6 Å². The molecule has 0 unspecified atom stereocenters. The summed E-state index contributed by atoms with van der Waals surface area (Å²) in [7, 11) is -3.88. The second kappa shape index (κ2) is 6.05. The van der Waals surface area contributed by atoms with Gasteiger partial charge in [-0.1, -0.05) is 6.92 Å². The van der Waals surface area contributed by atoms with Crippen LogP contribution in [0.2, 0.25) is 0 Å². The van der Waals surface area contributed by atoms with Crippen LogP contribution in [-0.4, -0.2) is 27.3 Å². The summed E-state index contributed by atoms with van der Waals surface area (Å²) in [5.74, 6) is -4.03. The zero-order valence-electron chi connectivity index (χ0n) is 9.63. The van der Waals surface area contributed by atoms with E-state index in [1.54, 1.807) is 11.6 Å². The molecule has 0 amide bonds. The number of nitrogens with one attached hydrogen (secondary N) is 2. The average Bonchev–Trinajstić information content (AvgIpc) is 2.23. The van der Waals surface area contributed by atoms with Crippen LogP contribution in [0.25, 0.3) is 0 Å². The van der Waals surface area contributed by atoms with Gasteiger partial charge in [0, 0.05) is 18.7 Å². The lowest BCUT2D eigenvalue weighted by molar-refractivity contribution is 0.547. The third-order valence-corrected chi connectivity index (χ3v) is 3.32. The van der Waals surface area contributed by atoms with Crippen LogP contribution in [0, 0.1) is 17.5 Å². The van der Waals surface area contributed by atoms with Crippen molar-refractivity contribution in [1.29, 1.82) is 0 Å². The molecule has 0 aliphatic heterocycles. The molecule has 0 aliphatic carbocycles. The molecule has 0 saturated heterocycles. The first kappa shape index (κ1) is 14.8. The SMILES string of the molecule is CCNCCS(=O)(=O)Nc1c(F)cc(F)cc1F. The zero-order valence-corrected chi connectivity index (χ0v) is 10.5. The van der Waals surface area contributed by atoms with Gasteiger partial charge in [0.25, 0.3) is 0 Å². The first-order chi connectivity index (χ1) is 8.35. The molecule has 0 aromatic heterocycles. The Morgan fingerprint density at radius 1 is 1.17 bits per heavy atom. The van der Waals surface area contributed by atoms with Crippen molar-refractivity contribution >= 4 is 15.7 Å². The van der Waals surface area contributed by atoms with E-state index in [4.69, 9.17) is 0 Å². The van der Waals surface area contributed by atoms with Crippen LogP contribution in [0.4, 0.5) is 18.9 Å². The lowest BCUT2D eigenvalue weighted by Gasteiger charge is -2.10. The Kier molecular flexibility index (Phi) is 4.97. The molecular weight excluding hydrogens is 269 g/mol. The molecule has 8 heteroatoms. The minimum atomic E-state index is -3.88. The van der Waals surface area contributed by atoms with Crippen LogP contribution in [0.1, 0.15) is 6.92 Å². The van der Waals surface area contributed by atoms with Gasteiger partial charge in [-0.15, -0.1) is 0 Å². The summed E-state index contributed by atoms with van der Waals surface area (Å²) in [6.45, 7) is 2.52. The van der Waals surface area contributed by atoms with Crippen LogP contribution in [0.15, 0.2) is 12.1 Å². The maximum Gasteiger partial charge on any atom is 0.234 e. The van der Waals surface area contributed by atoms with Gasteiger partial charge in [0.15, 0.2) is 11.6 Å². The molecular formula is C10H13F3N2O2S. The maximum absolute atomic E-state index is 13.2. The van der Waals surface area contributed by atoms with Crippen molar-refractivity contribution in [2.75, 3.05) is 23.6 Å². The second-order valence-corrected chi connectivity index (χ2v) is 5.36. The van der Waals surface area contributed by atoms with Gasteiger partial charge in [0.05, 0.1) is 5.75 Å². The van der Waals surface area contributed by atoms with Gasteiger partial charge in [-0.3, -0.25) is 4.72 Å². The molecule has 1 rings (SSSR count). The highest BCUT2D eigenvalue weighted by Gasteiger charge is 2.17. The van der Waals surface area contributed by atoms with Gasteiger partial charge >= 0.3 is 0 Å². The Labute approximate surface area is 103 Å². The molecule has 2 N–H and O–H groups in total. The molecule has 4 nitrogen and oxygen atoms in total. The Bertz CT molecular complexity index is 497. The number of anilines is 1. The summed E-state index contributed by atoms with van der Waals surface area (Å²) in [6.07, 6.45) is 0. The number of sulfonamides is 1. The maximum atomic E-state index is 13.2. The first-order valence-electron chi connectivity index (χ1n) is 5.21. The minimum absolute atomic E-state index is 0.149. The Balaban J connectivity index is 2.84. The molecule has 1 aromatic rings. The molecule has 102 valence electrons. The predicted molar refractivity (Wildman–Crippen MR) is 62.3 cm³/mol. The van der Waals surface area contributed by atoms with Crippen molar-refractivity contribution in [2.24, 2.45) is 0 Å². The molecule has 0 saturated carbocycles. The Morgan fingerprint density at radius 3 is 2.22 bits per heavy atom. The third-order valence-electron chi connectivity index (χ3n) is 2.06. The second-order valence-electron chi connectivity index (χ2n) is 3.52. The Morgan fingerprint density at radius 2 is 1.72 bits per heavy atom. The molecule has 0 spiro atoms. The fourth-order valence-corrected chi connectivity index (χ4v) is 2.25. The number of halogens is 3. The average molecular weight is 282 g/mol. The van der Waals surface area contributed by atoms with Gasteiger partial charge in [0.2, 0.25) is 10.0 Å². The van der Waals surface area contributed by atoms with Gasteiger partial charge in [-0.2, -0.15) is 0 Å². The number of hydrogen-bond acceptors (Lipinski definition) is 3. The van der Waals surface area contributed by atoms with Crippen molar-refractivity contribution in [2.45, 2.75) is 6.92 Å². The number of rotatable bonds is 6. The summed E-state index contributed by atoms with van der Waals surface area (Å²) >= 11 is 0. The van der Waals surface area contributed by atoms with Crippen molar-refractivity contribution in [3.63, 3.8) is 0 Å². The molecule has 1 aromatic carbocycles. The third kappa shape index (κ3) is 4.19. The lowest BCUT2D eigenvalue weighted by Crippen LogP contribution is -2.27. The van der Waals surface area contributed by atoms with Crippen molar-refractivity contribution in [1.82, 2.24) is 5.32 Å². The highest BCUT2D eigenvalue weighted by molar-refractivity contribution is 7.92. The quantitative estimate of drug-likeness (QED) is 0.777. The first-order valence-corrected chi connectivity index (χ1v) is 6.86. The fraction of sp³-hybridized carbons (Fsp3) is 0.400. The van der Waals surface area contributed by atoms with E-state index in [1.807, 2.05) is 0 Å². The van der Waals surface area contributed by atoms with Gasteiger partial charge in [-0.25, -0.2) is 21.6 Å². The summed E-state index contributed by atoms with van der Waals surface area (Å²) < 4.78 is 63.8. The highest BCUT2D eigenvalue weighted by Crippen LogP contribution is 2.21. The van der Waals surface area contributed by atoms with Crippen LogP contribution in [0.3, 0.4) is 0 Å². The summed E-state index contributed by atoms with van der Waals surface area (Å²) in [4.78, 5) is 0. The van der Waals surface area contributed by atoms with Crippen LogP contribution < -0.4 is 10.0 Å². The van der Waals surface area contributed by atoms with E-state index in [0.717, 1.165) is 0 Å². The van der Waals surface area contributed by atoms with Crippen LogP contribution in [0.5, 0.6) is 0 Å². The van der Waals surface area contributed by atoms with Gasteiger partial charge < -0.3 is 5.32 Å². The predicted octanol–water partition coefficient (Wildman–Crippen LogP) is 1.46. The molecule has 0 fully saturated rings. The largest absolute Gasteiger partial charge is 0.316 e.